The van der Waals surface area contributed by atoms with E-state index in [1.807, 2.05) is 0 Å². The second kappa shape index (κ2) is 8.09. The molecular weight excluding hydrogens is 260 g/mol. The van der Waals surface area contributed by atoms with Crippen LogP contribution in [0.5, 0.6) is 0 Å². The number of carbonyl (C=O) groups excluding carboxylic acids is 3. The predicted octanol–water partition coefficient (Wildman–Crippen LogP) is 1.81. The second-order valence-corrected chi connectivity index (χ2v) is 4.44. The highest BCUT2D eigenvalue weighted by atomic mass is 16.5. The van der Waals surface area contributed by atoms with Crippen LogP contribution in [0.25, 0.3) is 0 Å². The van der Waals surface area contributed by atoms with Gasteiger partial charge in [-0.2, -0.15) is 0 Å². The first-order valence-electron chi connectivity index (χ1n) is 6.31. The summed E-state index contributed by atoms with van der Waals surface area (Å²) in [5.41, 5.74) is 1.59. The Morgan fingerprint density at radius 1 is 1.05 bits per heavy atom. The molecule has 0 saturated carbocycles. The fourth-order valence-corrected chi connectivity index (χ4v) is 1.58. The quantitative estimate of drug-likeness (QED) is 0.711. The summed E-state index contributed by atoms with van der Waals surface area (Å²) in [6.45, 7) is 1.56. The molecule has 0 aliphatic heterocycles. The van der Waals surface area contributed by atoms with E-state index in [1.54, 1.807) is 24.3 Å². The number of carbonyl (C=O) groups is 3. The summed E-state index contributed by atoms with van der Waals surface area (Å²) in [6, 6.07) is 7.18. The summed E-state index contributed by atoms with van der Waals surface area (Å²) in [5.74, 6) is -0.763. The van der Waals surface area contributed by atoms with Crippen molar-refractivity contribution in [3.05, 3.63) is 35.4 Å². The van der Waals surface area contributed by atoms with E-state index in [2.05, 4.69) is 4.74 Å². The van der Waals surface area contributed by atoms with Gasteiger partial charge in [-0.05, 0) is 18.1 Å². The van der Waals surface area contributed by atoms with Gasteiger partial charge in [0.15, 0.2) is 0 Å². The van der Waals surface area contributed by atoms with E-state index >= 15 is 0 Å². The molecule has 1 aromatic carbocycles. The maximum absolute atomic E-state index is 11.4. The van der Waals surface area contributed by atoms with Crippen LogP contribution in [0.2, 0.25) is 0 Å². The van der Waals surface area contributed by atoms with Crippen molar-refractivity contribution < 1.29 is 23.9 Å². The van der Waals surface area contributed by atoms with E-state index in [-0.39, 0.29) is 37.6 Å². The third-order valence-electron chi connectivity index (χ3n) is 2.65. The molecule has 108 valence electrons. The van der Waals surface area contributed by atoms with Gasteiger partial charge < -0.3 is 14.3 Å². The number of methoxy groups -OCH3 is 1. The van der Waals surface area contributed by atoms with Gasteiger partial charge in [-0.15, -0.1) is 0 Å². The Morgan fingerprint density at radius 3 is 2.40 bits per heavy atom. The number of rotatable bonds is 7. The number of ether oxygens (including phenoxy) is 2. The lowest BCUT2D eigenvalue weighted by Gasteiger charge is -2.06. The van der Waals surface area contributed by atoms with E-state index in [0.717, 1.165) is 11.1 Å². The lowest BCUT2D eigenvalue weighted by atomic mass is 10.1. The molecule has 0 N–H and O–H groups in total. The van der Waals surface area contributed by atoms with Crippen LogP contribution in [0.3, 0.4) is 0 Å². The Morgan fingerprint density at radius 2 is 1.75 bits per heavy atom. The Bertz CT molecular complexity index is 493. The summed E-state index contributed by atoms with van der Waals surface area (Å²) < 4.78 is 9.65. The lowest BCUT2D eigenvalue weighted by Crippen LogP contribution is -2.07. The Labute approximate surface area is 117 Å². The van der Waals surface area contributed by atoms with Gasteiger partial charge in [-0.1, -0.05) is 24.3 Å². The molecule has 0 amide bonds. The molecule has 0 aromatic heterocycles. The van der Waals surface area contributed by atoms with Gasteiger partial charge in [0, 0.05) is 6.42 Å². The van der Waals surface area contributed by atoms with Gasteiger partial charge in [-0.3, -0.25) is 9.59 Å². The molecule has 0 heterocycles. The fourth-order valence-electron chi connectivity index (χ4n) is 1.58. The summed E-state index contributed by atoms with van der Waals surface area (Å²) in [4.78, 5) is 33.3. The van der Waals surface area contributed by atoms with E-state index < -0.39 is 5.97 Å². The van der Waals surface area contributed by atoms with Gasteiger partial charge >= 0.3 is 11.9 Å². The molecule has 1 rings (SSSR count). The van der Waals surface area contributed by atoms with Gasteiger partial charge in [0.05, 0.1) is 20.0 Å². The normalized spacial score (nSPS) is 9.90. The zero-order valence-corrected chi connectivity index (χ0v) is 11.7. The summed E-state index contributed by atoms with van der Waals surface area (Å²) in [5, 5.41) is 0. The highest BCUT2D eigenvalue weighted by Gasteiger charge is 2.07. The minimum Gasteiger partial charge on any atom is -0.469 e. The summed E-state index contributed by atoms with van der Waals surface area (Å²) >= 11 is 0. The largest absolute Gasteiger partial charge is 0.469 e. The van der Waals surface area contributed by atoms with Crippen molar-refractivity contribution in [3.8, 4) is 0 Å². The summed E-state index contributed by atoms with van der Waals surface area (Å²) in [6.07, 6.45) is 0.473. The van der Waals surface area contributed by atoms with Crippen LogP contribution < -0.4 is 0 Å². The molecule has 0 bridgehead atoms. The lowest BCUT2D eigenvalue weighted by molar-refractivity contribution is -0.146. The maximum atomic E-state index is 11.4. The Balaban J connectivity index is 2.47. The van der Waals surface area contributed by atoms with Crippen molar-refractivity contribution in [2.24, 2.45) is 0 Å². The van der Waals surface area contributed by atoms with E-state index in [9.17, 15) is 14.4 Å². The van der Waals surface area contributed by atoms with Crippen LogP contribution >= 0.6 is 0 Å². The van der Waals surface area contributed by atoms with Crippen molar-refractivity contribution in [2.45, 2.75) is 32.8 Å². The number of esters is 2. The van der Waals surface area contributed by atoms with Crippen LogP contribution in [0.15, 0.2) is 24.3 Å². The van der Waals surface area contributed by atoms with Gasteiger partial charge in [-0.25, -0.2) is 0 Å². The predicted molar refractivity (Wildman–Crippen MR) is 71.9 cm³/mol. The first-order chi connectivity index (χ1) is 9.51. The van der Waals surface area contributed by atoms with Gasteiger partial charge in [0.1, 0.15) is 12.4 Å². The molecule has 0 unspecified atom stereocenters. The van der Waals surface area contributed by atoms with Crippen LogP contribution in [-0.2, 0) is 36.9 Å². The smallest absolute Gasteiger partial charge is 0.309 e. The Hall–Kier alpha value is -2.17. The number of benzene rings is 1. The number of hydrogen-bond donors (Lipinski definition) is 0. The molecule has 1 aromatic rings. The standard InChI is InChI=1S/C15H18O5/c1-11(16)6-7-14(17)20-10-13-5-3-4-12(8-13)9-15(18)19-2/h3-5,8H,6-7,9-10H2,1-2H3. The van der Waals surface area contributed by atoms with Crippen molar-refractivity contribution >= 4 is 17.7 Å². The zero-order valence-electron chi connectivity index (χ0n) is 11.7. The maximum Gasteiger partial charge on any atom is 0.309 e. The van der Waals surface area contributed by atoms with Gasteiger partial charge in [0.25, 0.3) is 0 Å². The SMILES string of the molecule is COC(=O)Cc1cccc(COC(=O)CCC(C)=O)c1. The number of hydrogen-bond acceptors (Lipinski definition) is 5. The molecule has 0 fully saturated rings. The van der Waals surface area contributed by atoms with E-state index in [0.29, 0.717) is 0 Å². The molecule has 0 aliphatic carbocycles. The number of ketones is 1. The topological polar surface area (TPSA) is 69.7 Å². The van der Waals surface area contributed by atoms with E-state index in [4.69, 9.17) is 4.74 Å². The van der Waals surface area contributed by atoms with Gasteiger partial charge in [0.2, 0.25) is 0 Å². The van der Waals surface area contributed by atoms with Crippen molar-refractivity contribution in [2.75, 3.05) is 7.11 Å². The highest BCUT2D eigenvalue weighted by molar-refractivity contribution is 5.80. The van der Waals surface area contributed by atoms with Crippen LogP contribution in [0.4, 0.5) is 0 Å². The fraction of sp³-hybridized carbons (Fsp3) is 0.400. The zero-order chi connectivity index (χ0) is 15.0. The van der Waals surface area contributed by atoms with Crippen LogP contribution in [0.1, 0.15) is 30.9 Å². The minimum atomic E-state index is -0.404. The molecule has 0 spiro atoms. The molecule has 5 nitrogen and oxygen atoms in total. The van der Waals surface area contributed by atoms with Crippen molar-refractivity contribution in [1.82, 2.24) is 0 Å². The van der Waals surface area contributed by atoms with Crippen molar-refractivity contribution in [1.29, 1.82) is 0 Å². The third-order valence-corrected chi connectivity index (χ3v) is 2.65. The minimum absolute atomic E-state index is 0.0398. The molecule has 20 heavy (non-hydrogen) atoms. The molecule has 5 heteroatoms. The molecule has 0 atom stereocenters. The molecule has 0 radical (unpaired) electrons. The van der Waals surface area contributed by atoms with Crippen molar-refractivity contribution in [3.63, 3.8) is 0 Å². The number of Topliss-reactive ketones (excluding diaryl/α,β-unsaturated/α-hetero) is 1. The molecule has 0 aliphatic rings. The van der Waals surface area contributed by atoms with E-state index in [1.165, 1.54) is 14.0 Å². The average Bonchev–Trinajstić information content (AvgIpc) is 2.43. The summed E-state index contributed by atoms with van der Waals surface area (Å²) in [7, 11) is 1.34. The average molecular weight is 278 g/mol. The first kappa shape index (κ1) is 15.9. The van der Waals surface area contributed by atoms with Crippen LogP contribution in [0, 0.1) is 0 Å². The molecular formula is C15H18O5. The second-order valence-electron chi connectivity index (χ2n) is 4.44. The third kappa shape index (κ3) is 6.13. The Kier molecular flexibility index (Phi) is 6.43. The first-order valence-corrected chi connectivity index (χ1v) is 6.31. The monoisotopic (exact) mass is 278 g/mol. The molecule has 0 saturated heterocycles. The van der Waals surface area contributed by atoms with Crippen LogP contribution in [-0.4, -0.2) is 24.8 Å². The highest BCUT2D eigenvalue weighted by Crippen LogP contribution is 2.09.